The van der Waals surface area contributed by atoms with Crippen LogP contribution in [0.2, 0.25) is 0 Å². The lowest BCUT2D eigenvalue weighted by molar-refractivity contribution is -0.164. The number of nitrogens with one attached hydrogen (secondary N) is 2. The normalized spacial score (nSPS) is 27.4. The van der Waals surface area contributed by atoms with Gasteiger partial charge in [0.15, 0.2) is 0 Å². The van der Waals surface area contributed by atoms with Crippen LogP contribution in [0.1, 0.15) is 54.9 Å². The highest BCUT2D eigenvalue weighted by Gasteiger charge is 2.56. The molecule has 9 heteroatoms. The number of likely N-dealkylation sites (N-methyl/N-ethyl adjacent to an activating group) is 1. The zero-order chi connectivity index (χ0) is 30.4. The van der Waals surface area contributed by atoms with E-state index >= 15 is 0 Å². The first-order valence-corrected chi connectivity index (χ1v) is 15.5. The minimum absolute atomic E-state index is 0.00242. The van der Waals surface area contributed by atoms with E-state index in [2.05, 4.69) is 45.9 Å². The summed E-state index contributed by atoms with van der Waals surface area (Å²) in [5, 5.41) is 7.28. The minimum Gasteiger partial charge on any atom is -0.368 e. The molecule has 226 valence electrons. The van der Waals surface area contributed by atoms with Crippen molar-refractivity contribution in [1.29, 1.82) is 0 Å². The van der Waals surface area contributed by atoms with Crippen molar-refractivity contribution >= 4 is 22.7 Å². The number of benzene rings is 2. The van der Waals surface area contributed by atoms with Crippen LogP contribution >= 0.6 is 0 Å². The zero-order valence-electron chi connectivity index (χ0n) is 25.0. The summed E-state index contributed by atoms with van der Waals surface area (Å²) < 4.78 is 29.0. The Balaban J connectivity index is 1.16. The third kappa shape index (κ3) is 3.84. The van der Waals surface area contributed by atoms with Crippen LogP contribution in [0.5, 0.6) is 0 Å². The number of carbonyl (C=O) groups excluding carboxylic acids is 2. The molecule has 2 aromatic carbocycles. The molecular weight excluding hydrogens is 560 g/mol. The third-order valence-corrected chi connectivity index (χ3v) is 11.0. The van der Waals surface area contributed by atoms with E-state index in [4.69, 9.17) is 4.98 Å². The van der Waals surface area contributed by atoms with Crippen LogP contribution in [-0.2, 0) is 34.5 Å². The number of hydrogen-bond donors (Lipinski definition) is 2. The summed E-state index contributed by atoms with van der Waals surface area (Å²) in [6, 6.07) is 9.84. The molecule has 1 unspecified atom stereocenters. The van der Waals surface area contributed by atoms with Gasteiger partial charge in [-0.15, -0.1) is 0 Å². The summed E-state index contributed by atoms with van der Waals surface area (Å²) in [4.78, 5) is 36.5. The lowest BCUT2D eigenvalue weighted by Crippen LogP contribution is -2.70. The van der Waals surface area contributed by atoms with Crippen LogP contribution in [0.25, 0.3) is 10.9 Å². The predicted molar refractivity (Wildman–Crippen MR) is 162 cm³/mol. The zero-order valence-corrected chi connectivity index (χ0v) is 25.0. The molecule has 2 amide bonds. The molecule has 2 aliphatic carbocycles. The molecule has 8 rings (SSSR count). The highest BCUT2D eigenvalue weighted by Crippen LogP contribution is 2.49. The van der Waals surface area contributed by atoms with Crippen LogP contribution in [0.15, 0.2) is 66.1 Å². The topological polar surface area (TPSA) is 77.6 Å². The number of hydrogen-bond acceptors (Lipinski definition) is 5. The minimum atomic E-state index is -0.954. The lowest BCUT2D eigenvalue weighted by Gasteiger charge is -2.56. The molecule has 5 aliphatic rings. The van der Waals surface area contributed by atoms with Gasteiger partial charge in [-0.05, 0) is 92.2 Å². The first kappa shape index (κ1) is 27.4. The lowest BCUT2D eigenvalue weighted by atomic mass is 9.78. The van der Waals surface area contributed by atoms with Crippen molar-refractivity contribution in [2.24, 2.45) is 5.41 Å². The summed E-state index contributed by atoms with van der Waals surface area (Å²) in [6.07, 6.45) is 10.6. The molecule has 4 heterocycles. The summed E-state index contributed by atoms with van der Waals surface area (Å²) in [6.45, 7) is 3.33. The van der Waals surface area contributed by atoms with Crippen LogP contribution < -0.4 is 10.6 Å². The Hall–Kier alpha value is -4.11. The predicted octanol–water partition coefficient (Wildman–Crippen LogP) is 4.60. The number of piperazine rings is 1. The number of rotatable bonds is 3. The van der Waals surface area contributed by atoms with Gasteiger partial charge in [-0.3, -0.25) is 19.5 Å². The van der Waals surface area contributed by atoms with E-state index in [9.17, 15) is 18.4 Å². The fraction of sp³-hybridized carbons (Fsp3) is 0.400. The van der Waals surface area contributed by atoms with Crippen LogP contribution in [0.3, 0.4) is 0 Å². The molecule has 0 bridgehead atoms. The molecule has 2 atom stereocenters. The quantitative estimate of drug-likeness (QED) is 0.463. The summed E-state index contributed by atoms with van der Waals surface area (Å²) in [5.74, 6) is -0.479. The van der Waals surface area contributed by atoms with Crippen molar-refractivity contribution in [2.45, 2.75) is 63.1 Å². The van der Waals surface area contributed by atoms with E-state index in [-0.39, 0.29) is 18.4 Å². The number of dihydropyridines is 1. The second-order valence-corrected chi connectivity index (χ2v) is 13.5. The number of pyridine rings is 1. The van der Waals surface area contributed by atoms with Gasteiger partial charge in [0.25, 0.3) is 0 Å². The summed E-state index contributed by atoms with van der Waals surface area (Å²) >= 11 is 0. The van der Waals surface area contributed by atoms with Gasteiger partial charge >= 0.3 is 0 Å². The van der Waals surface area contributed by atoms with Gasteiger partial charge in [-0.1, -0.05) is 25.0 Å². The van der Waals surface area contributed by atoms with E-state index in [1.807, 2.05) is 18.9 Å². The average molecular weight is 596 g/mol. The third-order valence-electron chi connectivity index (χ3n) is 11.0. The number of carbonyl (C=O) groups is 2. The Labute approximate surface area is 255 Å². The molecule has 0 radical (unpaired) electrons. The molecule has 44 heavy (non-hydrogen) atoms. The molecule has 7 nitrogen and oxygen atoms in total. The molecule has 3 aliphatic heterocycles. The summed E-state index contributed by atoms with van der Waals surface area (Å²) in [5.41, 5.74) is 3.21. The Morgan fingerprint density at radius 1 is 0.977 bits per heavy atom. The van der Waals surface area contributed by atoms with Crippen molar-refractivity contribution in [3.63, 3.8) is 0 Å². The van der Waals surface area contributed by atoms with Crippen molar-refractivity contribution in [1.82, 2.24) is 25.4 Å². The molecule has 2 spiro atoms. The molecule has 1 aromatic heterocycles. The van der Waals surface area contributed by atoms with E-state index in [1.165, 1.54) is 12.1 Å². The van der Waals surface area contributed by atoms with E-state index in [0.29, 0.717) is 31.5 Å². The molecule has 2 N–H and O–H groups in total. The Bertz CT molecular complexity index is 1810. The van der Waals surface area contributed by atoms with Gasteiger partial charge in [0.2, 0.25) is 11.8 Å². The molecule has 3 aromatic rings. The molecular formula is C35H35F2N5O2. The van der Waals surface area contributed by atoms with E-state index < -0.39 is 28.1 Å². The number of nitrogens with zero attached hydrogens (tertiary/aromatic N) is 3. The monoisotopic (exact) mass is 595 g/mol. The first-order chi connectivity index (χ1) is 21.1. The second kappa shape index (κ2) is 9.44. The number of allylic oxidation sites excluding steroid dienone is 1. The maximum absolute atomic E-state index is 14.5. The largest absolute Gasteiger partial charge is 0.368 e. The summed E-state index contributed by atoms with van der Waals surface area (Å²) in [7, 11) is 1.96. The molecule has 2 fully saturated rings. The van der Waals surface area contributed by atoms with Crippen LogP contribution in [0, 0.1) is 17.0 Å². The fourth-order valence-electron chi connectivity index (χ4n) is 8.61. The van der Waals surface area contributed by atoms with Gasteiger partial charge in [-0.25, -0.2) is 8.78 Å². The van der Waals surface area contributed by atoms with Gasteiger partial charge < -0.3 is 15.5 Å². The fourth-order valence-corrected chi connectivity index (χ4v) is 8.61. The van der Waals surface area contributed by atoms with Crippen molar-refractivity contribution in [3.8, 4) is 0 Å². The van der Waals surface area contributed by atoms with E-state index in [1.54, 1.807) is 6.20 Å². The second-order valence-electron chi connectivity index (χ2n) is 13.5. The van der Waals surface area contributed by atoms with Crippen molar-refractivity contribution in [2.75, 3.05) is 20.1 Å². The maximum Gasteiger partial charge on any atom is 0.244 e. The van der Waals surface area contributed by atoms with Gasteiger partial charge in [0, 0.05) is 42.9 Å². The van der Waals surface area contributed by atoms with Crippen LogP contribution in [0.4, 0.5) is 8.78 Å². The number of amides is 2. The average Bonchev–Trinajstić information content (AvgIpc) is 3.70. The SMILES string of the molecule is CN1CC(C)(c2cc(F)cc(F)c2)N(Cc2cnc3cc4c(cc3c2)C[C@@]2(C4)C(=O)NC3=C2C=CCN3)C(=O)C12CCCC2. The highest BCUT2D eigenvalue weighted by atomic mass is 19.1. The Morgan fingerprint density at radius 2 is 1.70 bits per heavy atom. The van der Waals surface area contributed by atoms with Gasteiger partial charge in [-0.2, -0.15) is 0 Å². The van der Waals surface area contributed by atoms with Crippen LogP contribution in [-0.4, -0.2) is 52.3 Å². The smallest absolute Gasteiger partial charge is 0.244 e. The number of halogens is 2. The highest BCUT2D eigenvalue weighted by molar-refractivity contribution is 5.94. The Kier molecular flexibility index (Phi) is 5.89. The van der Waals surface area contributed by atoms with E-state index in [0.717, 1.165) is 70.7 Å². The number of aromatic nitrogens is 1. The Morgan fingerprint density at radius 3 is 2.45 bits per heavy atom. The van der Waals surface area contributed by atoms with Gasteiger partial charge in [0.1, 0.15) is 23.0 Å². The number of fused-ring (bicyclic) bond motifs is 3. The molecule has 1 saturated heterocycles. The maximum atomic E-state index is 14.5. The van der Waals surface area contributed by atoms with Crippen molar-refractivity contribution < 1.29 is 18.4 Å². The van der Waals surface area contributed by atoms with Crippen molar-refractivity contribution in [3.05, 3.63) is 100 Å². The first-order valence-electron chi connectivity index (χ1n) is 15.5. The standard InChI is InChI=1S/C35H35F2N5O2/c1-33(25-13-26(36)15-27(37)14-25)20-41(2)35(7-3-4-8-35)32(44)42(33)19-21-10-22-11-23-16-34(17-24(23)12-29(22)39-18-21)28-6-5-9-38-30(28)40-31(34)43/h5-6,10-15,18,38H,3-4,7-9,16-17,19-20H2,1-2H3,(H,40,43)/t33?,34-/m0/s1. The molecule has 1 saturated carbocycles. The van der Waals surface area contributed by atoms with Gasteiger partial charge in [0.05, 0.1) is 16.5 Å².